The lowest BCUT2D eigenvalue weighted by molar-refractivity contribution is -0.384. The molecule has 4 aromatic carbocycles. The molecular formula is C26H22N2O2. The van der Waals surface area contributed by atoms with Crippen molar-refractivity contribution in [2.24, 2.45) is 0 Å². The molecule has 0 aliphatic rings. The van der Waals surface area contributed by atoms with E-state index < -0.39 is 5.54 Å². The van der Waals surface area contributed by atoms with E-state index in [1.54, 1.807) is 24.3 Å². The quantitative estimate of drug-likeness (QED) is 0.249. The van der Waals surface area contributed by atoms with Crippen molar-refractivity contribution in [1.29, 1.82) is 0 Å². The number of nitrogens with zero attached hydrogens (tertiary/aromatic N) is 1. The molecule has 0 aliphatic carbocycles. The molecule has 0 heterocycles. The number of rotatable bonds is 7. The lowest BCUT2D eigenvalue weighted by Crippen LogP contribution is -2.44. The van der Waals surface area contributed by atoms with Crippen molar-refractivity contribution in [2.75, 3.05) is 0 Å². The van der Waals surface area contributed by atoms with Crippen LogP contribution in [0.2, 0.25) is 0 Å². The average molecular weight is 394 g/mol. The van der Waals surface area contributed by atoms with Crippen molar-refractivity contribution < 1.29 is 4.92 Å². The zero-order valence-electron chi connectivity index (χ0n) is 16.4. The van der Waals surface area contributed by atoms with Gasteiger partial charge in [-0.3, -0.25) is 15.4 Å². The van der Waals surface area contributed by atoms with Crippen molar-refractivity contribution in [3.63, 3.8) is 0 Å². The van der Waals surface area contributed by atoms with Crippen molar-refractivity contribution in [1.82, 2.24) is 5.32 Å². The molecule has 0 saturated heterocycles. The van der Waals surface area contributed by atoms with Crippen LogP contribution in [0.1, 0.15) is 22.3 Å². The highest BCUT2D eigenvalue weighted by Gasteiger charge is 2.35. The van der Waals surface area contributed by atoms with Gasteiger partial charge in [-0.2, -0.15) is 0 Å². The number of nitro groups is 1. The summed E-state index contributed by atoms with van der Waals surface area (Å²) in [4.78, 5) is 10.6. The van der Waals surface area contributed by atoms with Crippen LogP contribution in [0, 0.1) is 10.1 Å². The molecule has 0 amide bonds. The standard InChI is InChI=1S/C26H22N2O2/c29-28(30)25-18-16-21(17-19-25)20-27-26(22-10-4-1-5-11-22,23-12-6-2-7-13-23)24-14-8-3-9-15-24/h1-19,27H,20H2. The first kappa shape index (κ1) is 19.6. The fraction of sp³-hybridized carbons (Fsp3) is 0.0769. The predicted octanol–water partition coefficient (Wildman–Crippen LogP) is 5.68. The third-order valence-electron chi connectivity index (χ3n) is 5.33. The van der Waals surface area contributed by atoms with Gasteiger partial charge in [0.15, 0.2) is 0 Å². The number of hydrogen-bond donors (Lipinski definition) is 1. The molecule has 30 heavy (non-hydrogen) atoms. The molecule has 1 N–H and O–H groups in total. The Morgan fingerprint density at radius 3 is 1.40 bits per heavy atom. The summed E-state index contributed by atoms with van der Waals surface area (Å²) in [6.07, 6.45) is 0. The number of nitro benzene ring substituents is 1. The lowest BCUT2D eigenvalue weighted by Gasteiger charge is -2.37. The fourth-order valence-electron chi connectivity index (χ4n) is 3.84. The van der Waals surface area contributed by atoms with Crippen LogP contribution >= 0.6 is 0 Å². The van der Waals surface area contributed by atoms with Crippen LogP contribution in [0.5, 0.6) is 0 Å². The third kappa shape index (κ3) is 3.86. The summed E-state index contributed by atoms with van der Waals surface area (Å²) in [5.41, 5.74) is 3.90. The van der Waals surface area contributed by atoms with Crippen molar-refractivity contribution in [3.05, 3.63) is 148 Å². The Hall–Kier alpha value is -3.76. The van der Waals surface area contributed by atoms with E-state index in [1.807, 2.05) is 54.6 Å². The summed E-state index contributed by atoms with van der Waals surface area (Å²) in [7, 11) is 0. The van der Waals surface area contributed by atoms with Crippen LogP contribution in [0.3, 0.4) is 0 Å². The van der Waals surface area contributed by atoms with E-state index in [1.165, 1.54) is 0 Å². The minimum atomic E-state index is -0.564. The van der Waals surface area contributed by atoms with Gasteiger partial charge in [-0.1, -0.05) is 103 Å². The second-order valence-electron chi connectivity index (χ2n) is 7.13. The summed E-state index contributed by atoms with van der Waals surface area (Å²) in [6.45, 7) is 0.552. The smallest absolute Gasteiger partial charge is 0.269 e. The van der Waals surface area contributed by atoms with Crippen LogP contribution in [-0.4, -0.2) is 4.92 Å². The normalized spacial score (nSPS) is 11.2. The Morgan fingerprint density at radius 1 is 0.633 bits per heavy atom. The van der Waals surface area contributed by atoms with Gasteiger partial charge in [-0.15, -0.1) is 0 Å². The number of non-ortho nitro benzene ring substituents is 1. The molecule has 0 bridgehead atoms. The minimum absolute atomic E-state index is 0.0965. The van der Waals surface area contributed by atoms with Gasteiger partial charge < -0.3 is 0 Å². The van der Waals surface area contributed by atoms with E-state index >= 15 is 0 Å². The van der Waals surface area contributed by atoms with E-state index in [2.05, 4.69) is 41.7 Å². The molecule has 0 saturated carbocycles. The third-order valence-corrected chi connectivity index (χ3v) is 5.33. The lowest BCUT2D eigenvalue weighted by atomic mass is 9.77. The van der Waals surface area contributed by atoms with Gasteiger partial charge in [0.25, 0.3) is 5.69 Å². The van der Waals surface area contributed by atoms with E-state index in [4.69, 9.17) is 0 Å². The van der Waals surface area contributed by atoms with Gasteiger partial charge in [-0.05, 0) is 22.3 Å². The molecule has 0 atom stereocenters. The van der Waals surface area contributed by atoms with Crippen LogP contribution in [0.15, 0.2) is 115 Å². The molecule has 0 aromatic heterocycles. The van der Waals surface area contributed by atoms with Gasteiger partial charge in [0.05, 0.1) is 10.5 Å². The first-order valence-electron chi connectivity index (χ1n) is 9.85. The second-order valence-corrected chi connectivity index (χ2v) is 7.13. The molecule has 4 nitrogen and oxygen atoms in total. The molecule has 0 spiro atoms. The summed E-state index contributed by atoms with van der Waals surface area (Å²) in [5.74, 6) is 0. The maximum absolute atomic E-state index is 11.0. The Balaban J connectivity index is 1.81. The van der Waals surface area contributed by atoms with Gasteiger partial charge in [0, 0.05) is 18.7 Å². The second kappa shape index (κ2) is 8.72. The first-order valence-corrected chi connectivity index (χ1v) is 9.85. The monoisotopic (exact) mass is 394 g/mol. The summed E-state index contributed by atoms with van der Waals surface area (Å²) < 4.78 is 0. The molecule has 4 aromatic rings. The van der Waals surface area contributed by atoms with Crippen LogP contribution in [0.4, 0.5) is 5.69 Å². The highest BCUT2D eigenvalue weighted by molar-refractivity contribution is 5.49. The van der Waals surface area contributed by atoms with Crippen LogP contribution < -0.4 is 5.32 Å². The molecular weight excluding hydrogens is 372 g/mol. The zero-order valence-corrected chi connectivity index (χ0v) is 16.4. The Kier molecular flexibility index (Phi) is 5.68. The summed E-state index contributed by atoms with van der Waals surface area (Å²) in [6, 6.07) is 37.8. The first-order chi connectivity index (χ1) is 14.7. The van der Waals surface area contributed by atoms with Gasteiger partial charge in [-0.25, -0.2) is 0 Å². The largest absolute Gasteiger partial charge is 0.296 e. The van der Waals surface area contributed by atoms with Crippen molar-refractivity contribution in [3.8, 4) is 0 Å². The fourth-order valence-corrected chi connectivity index (χ4v) is 3.84. The molecule has 4 heteroatoms. The Morgan fingerprint density at radius 2 is 1.03 bits per heavy atom. The Bertz CT molecular complexity index is 999. The minimum Gasteiger partial charge on any atom is -0.296 e. The number of benzene rings is 4. The maximum atomic E-state index is 11.0. The predicted molar refractivity (Wildman–Crippen MR) is 119 cm³/mol. The van der Waals surface area contributed by atoms with Crippen LogP contribution in [0.25, 0.3) is 0 Å². The SMILES string of the molecule is O=[N+]([O-])c1ccc(CNC(c2ccccc2)(c2ccccc2)c2ccccc2)cc1. The highest BCUT2D eigenvalue weighted by Crippen LogP contribution is 2.37. The van der Waals surface area contributed by atoms with Crippen LogP contribution in [-0.2, 0) is 12.1 Å². The van der Waals surface area contributed by atoms with E-state index in [0.717, 1.165) is 22.3 Å². The molecule has 148 valence electrons. The maximum Gasteiger partial charge on any atom is 0.269 e. The molecule has 0 fully saturated rings. The average Bonchev–Trinajstić information content (AvgIpc) is 2.82. The molecule has 0 aliphatic heterocycles. The summed E-state index contributed by atoms with van der Waals surface area (Å²) in [5, 5.41) is 14.8. The van der Waals surface area contributed by atoms with Gasteiger partial charge in [0.1, 0.15) is 0 Å². The molecule has 0 radical (unpaired) electrons. The molecule has 4 rings (SSSR count). The van der Waals surface area contributed by atoms with Crippen molar-refractivity contribution >= 4 is 5.69 Å². The molecule has 0 unspecified atom stereocenters. The summed E-state index contributed by atoms with van der Waals surface area (Å²) >= 11 is 0. The zero-order chi connectivity index (χ0) is 20.8. The van der Waals surface area contributed by atoms with E-state index in [-0.39, 0.29) is 10.6 Å². The number of hydrogen-bond acceptors (Lipinski definition) is 3. The van der Waals surface area contributed by atoms with Crippen molar-refractivity contribution in [2.45, 2.75) is 12.1 Å². The topological polar surface area (TPSA) is 55.2 Å². The van der Waals surface area contributed by atoms with Gasteiger partial charge in [0.2, 0.25) is 0 Å². The Labute approximate surface area is 176 Å². The highest BCUT2D eigenvalue weighted by atomic mass is 16.6. The van der Waals surface area contributed by atoms with Gasteiger partial charge >= 0.3 is 0 Å². The van der Waals surface area contributed by atoms with E-state index in [0.29, 0.717) is 6.54 Å². The number of nitrogens with one attached hydrogen (secondary N) is 1. The van der Waals surface area contributed by atoms with E-state index in [9.17, 15) is 10.1 Å².